The number of carboxylic acid groups (broad SMARTS) is 1. The summed E-state index contributed by atoms with van der Waals surface area (Å²) in [5, 5.41) is 11.8. The molecule has 0 fully saturated rings. The summed E-state index contributed by atoms with van der Waals surface area (Å²) in [6, 6.07) is 22.2. The van der Waals surface area contributed by atoms with Crippen LogP contribution in [0.5, 0.6) is 0 Å². The van der Waals surface area contributed by atoms with Gasteiger partial charge in [0, 0.05) is 32.5 Å². The first-order valence-corrected chi connectivity index (χ1v) is 7.04. The molecule has 24 heavy (non-hydrogen) atoms. The van der Waals surface area contributed by atoms with E-state index in [9.17, 15) is 4.79 Å². The molecule has 2 heterocycles. The molecule has 0 aliphatic rings. The molecule has 4 nitrogen and oxygen atoms in total. The molecule has 5 heteroatoms. The van der Waals surface area contributed by atoms with Gasteiger partial charge in [-0.3, -0.25) is 0 Å². The molecule has 0 spiro atoms. The van der Waals surface area contributed by atoms with Crippen molar-refractivity contribution in [2.24, 2.45) is 0 Å². The van der Waals surface area contributed by atoms with Crippen molar-refractivity contribution in [1.82, 2.24) is 9.97 Å². The fourth-order valence-electron chi connectivity index (χ4n) is 2.22. The molecule has 121 valence electrons. The number of fused-ring (bicyclic) bond motifs is 3. The molecule has 0 atom stereocenters. The van der Waals surface area contributed by atoms with Gasteiger partial charge < -0.3 is 10.1 Å². The number of benzene rings is 2. The predicted octanol–water partition coefficient (Wildman–Crippen LogP) is 3.97. The topological polar surface area (TPSA) is 63.1 Å². The van der Waals surface area contributed by atoms with Crippen LogP contribution in [0.15, 0.2) is 73.1 Å². The van der Waals surface area contributed by atoms with Crippen LogP contribution in [0.2, 0.25) is 0 Å². The Morgan fingerprint density at radius 1 is 0.875 bits per heavy atom. The molecule has 1 radical (unpaired) electrons. The van der Waals surface area contributed by atoms with Crippen molar-refractivity contribution in [3.63, 3.8) is 0 Å². The summed E-state index contributed by atoms with van der Waals surface area (Å²) in [7, 11) is 0. The largest absolute Gasteiger partial charge is 0.477 e. The molecule has 0 aliphatic heterocycles. The molecule has 2 aromatic heterocycles. The smallest absolute Gasteiger partial charge is 0.354 e. The summed E-state index contributed by atoms with van der Waals surface area (Å²) in [4.78, 5) is 18.1. The van der Waals surface area contributed by atoms with Gasteiger partial charge in [-0.25, -0.2) is 9.78 Å². The third kappa shape index (κ3) is 4.01. The van der Waals surface area contributed by atoms with Crippen LogP contribution >= 0.6 is 0 Å². The molecule has 0 unspecified atom stereocenters. The van der Waals surface area contributed by atoms with Crippen LogP contribution in [-0.4, -0.2) is 21.0 Å². The van der Waals surface area contributed by atoms with Gasteiger partial charge >= 0.3 is 5.97 Å². The van der Waals surface area contributed by atoms with E-state index in [1.54, 1.807) is 12.1 Å². The maximum Gasteiger partial charge on any atom is 0.354 e. The van der Waals surface area contributed by atoms with Crippen molar-refractivity contribution < 1.29 is 30.0 Å². The monoisotopic (exact) mass is 494 g/mol. The molecular weight excluding hydrogens is 480 g/mol. The van der Waals surface area contributed by atoms with Crippen LogP contribution < -0.4 is 0 Å². The number of aromatic carboxylic acids is 1. The molecule has 2 aromatic carbocycles. The quantitative estimate of drug-likeness (QED) is 0.322. The van der Waals surface area contributed by atoms with Crippen molar-refractivity contribution in [2.45, 2.75) is 0 Å². The fraction of sp³-hybridized carbons (Fsp3) is 0. The fourth-order valence-corrected chi connectivity index (χ4v) is 2.22. The Hall–Kier alpha value is -2.62. The first kappa shape index (κ1) is 17.7. The zero-order valence-electron chi connectivity index (χ0n) is 12.5. The van der Waals surface area contributed by atoms with E-state index in [2.05, 4.69) is 40.3 Å². The van der Waals surface area contributed by atoms with Gasteiger partial charge in [-0.05, 0) is 29.1 Å². The van der Waals surface area contributed by atoms with Gasteiger partial charge in [-0.2, -0.15) is 0 Å². The number of aromatic nitrogens is 2. The van der Waals surface area contributed by atoms with Crippen LogP contribution in [0, 0.1) is 6.07 Å². The van der Waals surface area contributed by atoms with Crippen molar-refractivity contribution in [2.75, 3.05) is 0 Å². The summed E-state index contributed by atoms with van der Waals surface area (Å²) in [5.74, 6) is -0.990. The van der Waals surface area contributed by atoms with Crippen LogP contribution in [0.1, 0.15) is 10.5 Å². The molecule has 0 saturated heterocycles. The SMILES string of the molecule is O=C(O)c1ccccn1.[Ir].[c-]1cccc2ccc3cccnc3c12. The second-order valence-electron chi connectivity index (χ2n) is 4.80. The van der Waals surface area contributed by atoms with E-state index in [-0.39, 0.29) is 25.8 Å². The normalized spacial score (nSPS) is 9.67. The van der Waals surface area contributed by atoms with E-state index < -0.39 is 5.97 Å². The zero-order chi connectivity index (χ0) is 16.1. The van der Waals surface area contributed by atoms with Crippen LogP contribution in [0.25, 0.3) is 21.7 Å². The van der Waals surface area contributed by atoms with Gasteiger partial charge in [0.15, 0.2) is 0 Å². The Labute approximate surface area is 152 Å². The second kappa shape index (κ2) is 8.29. The van der Waals surface area contributed by atoms with E-state index in [1.165, 1.54) is 23.0 Å². The number of hydrogen-bond donors (Lipinski definition) is 1. The Balaban J connectivity index is 0.000000183. The molecule has 0 saturated carbocycles. The summed E-state index contributed by atoms with van der Waals surface area (Å²) >= 11 is 0. The Morgan fingerprint density at radius 3 is 2.33 bits per heavy atom. The summed E-state index contributed by atoms with van der Waals surface area (Å²) in [5.41, 5.74) is 1.11. The minimum absolute atomic E-state index is 0. The van der Waals surface area contributed by atoms with Crippen LogP contribution in [0.3, 0.4) is 0 Å². The Kier molecular flexibility index (Phi) is 6.13. The van der Waals surface area contributed by atoms with Crippen molar-refractivity contribution in [3.8, 4) is 0 Å². The standard InChI is InChI=1S/C13H8N.C6H5NO2.Ir/c1-2-6-12-10(4-1)7-8-11-5-3-9-14-13(11)12;8-6(9)5-3-1-2-4-7-5;/h1-5,7-9H;1-4H,(H,8,9);/q-1;;. The Morgan fingerprint density at radius 2 is 1.62 bits per heavy atom. The first-order chi connectivity index (χ1) is 11.3. The first-order valence-electron chi connectivity index (χ1n) is 7.04. The van der Waals surface area contributed by atoms with E-state index in [1.807, 2.05) is 24.4 Å². The maximum atomic E-state index is 10.1. The number of pyridine rings is 2. The van der Waals surface area contributed by atoms with Crippen LogP contribution in [-0.2, 0) is 20.1 Å². The Bertz CT molecular complexity index is 904. The molecule has 1 N–H and O–H groups in total. The molecule has 0 aliphatic carbocycles. The van der Waals surface area contributed by atoms with E-state index >= 15 is 0 Å². The van der Waals surface area contributed by atoms with Crippen molar-refractivity contribution >= 4 is 27.6 Å². The van der Waals surface area contributed by atoms with Gasteiger partial charge in [0.1, 0.15) is 5.69 Å². The number of carbonyl (C=O) groups is 1. The number of hydrogen-bond acceptors (Lipinski definition) is 3. The summed E-state index contributed by atoms with van der Waals surface area (Å²) in [6.07, 6.45) is 3.27. The van der Waals surface area contributed by atoms with Crippen LogP contribution in [0.4, 0.5) is 0 Å². The minimum Gasteiger partial charge on any atom is -0.477 e. The number of nitrogens with zero attached hydrogens (tertiary/aromatic N) is 2. The average molecular weight is 494 g/mol. The van der Waals surface area contributed by atoms with E-state index in [0.717, 1.165) is 10.9 Å². The zero-order valence-corrected chi connectivity index (χ0v) is 14.9. The number of rotatable bonds is 1. The summed E-state index contributed by atoms with van der Waals surface area (Å²) in [6.45, 7) is 0. The third-order valence-electron chi connectivity index (χ3n) is 3.29. The molecule has 0 bridgehead atoms. The third-order valence-corrected chi connectivity index (χ3v) is 3.29. The van der Waals surface area contributed by atoms with Gasteiger partial charge in [0.25, 0.3) is 0 Å². The van der Waals surface area contributed by atoms with Gasteiger partial charge in [0.05, 0.1) is 0 Å². The number of carboxylic acids is 1. The van der Waals surface area contributed by atoms with E-state index in [4.69, 9.17) is 5.11 Å². The summed E-state index contributed by atoms with van der Waals surface area (Å²) < 4.78 is 0. The molecule has 0 amide bonds. The van der Waals surface area contributed by atoms with Gasteiger partial charge in [0.2, 0.25) is 0 Å². The molecular formula is C19H13IrN2O2-. The van der Waals surface area contributed by atoms with Gasteiger partial charge in [-0.1, -0.05) is 24.3 Å². The van der Waals surface area contributed by atoms with Crippen molar-refractivity contribution in [3.05, 3.63) is 84.8 Å². The predicted molar refractivity (Wildman–Crippen MR) is 89.3 cm³/mol. The second-order valence-corrected chi connectivity index (χ2v) is 4.80. The minimum atomic E-state index is -0.990. The average Bonchev–Trinajstić information content (AvgIpc) is 2.63. The maximum absolute atomic E-state index is 10.1. The molecule has 4 aromatic rings. The van der Waals surface area contributed by atoms with Gasteiger partial charge in [-0.15, -0.1) is 35.0 Å². The molecule has 4 rings (SSSR count). The van der Waals surface area contributed by atoms with E-state index in [0.29, 0.717) is 0 Å². The van der Waals surface area contributed by atoms with Crippen molar-refractivity contribution in [1.29, 1.82) is 0 Å².